The summed E-state index contributed by atoms with van der Waals surface area (Å²) in [5.74, 6) is -2.83. The Morgan fingerprint density at radius 2 is 1.69 bits per heavy atom. The van der Waals surface area contributed by atoms with Gasteiger partial charge in [0.25, 0.3) is 6.43 Å². The highest BCUT2D eigenvalue weighted by molar-refractivity contribution is 5.82. The van der Waals surface area contributed by atoms with E-state index in [0.717, 1.165) is 22.3 Å². The average Bonchev–Trinajstić information content (AvgIpc) is 3.43. The molecule has 2 aromatic carbocycles. The van der Waals surface area contributed by atoms with Crippen molar-refractivity contribution in [2.45, 2.75) is 37.3 Å². The Hall–Kier alpha value is -3.53. The van der Waals surface area contributed by atoms with Gasteiger partial charge >= 0.3 is 12.1 Å². The second kappa shape index (κ2) is 10.8. The molecule has 0 radical (unpaired) electrons. The fraction of sp³-hybridized carbons (Fsp3) is 0.400. The number of carbonyl (C=O) groups excluding carboxylic acids is 2. The molecular formula is C25H26F2N2O6. The molecule has 2 aromatic rings. The van der Waals surface area contributed by atoms with E-state index in [-0.39, 0.29) is 25.7 Å². The number of rotatable bonds is 9. The first-order chi connectivity index (χ1) is 16.8. The molecule has 1 heterocycles. The highest BCUT2D eigenvalue weighted by Crippen LogP contribution is 2.44. The number of carboxylic acid groups (broad SMARTS) is 1. The van der Waals surface area contributed by atoms with Gasteiger partial charge in [0.1, 0.15) is 18.8 Å². The maximum atomic E-state index is 13.1. The average molecular weight is 488 g/mol. The quantitative estimate of drug-likeness (QED) is 0.500. The van der Waals surface area contributed by atoms with Gasteiger partial charge in [-0.2, -0.15) is 0 Å². The lowest BCUT2D eigenvalue weighted by molar-refractivity contribution is -0.140. The predicted octanol–water partition coefficient (Wildman–Crippen LogP) is 3.15. The van der Waals surface area contributed by atoms with Crippen LogP contribution >= 0.6 is 0 Å². The smallest absolute Gasteiger partial charge is 0.407 e. The zero-order valence-electron chi connectivity index (χ0n) is 18.8. The van der Waals surface area contributed by atoms with Crippen LogP contribution in [0.3, 0.4) is 0 Å². The third kappa shape index (κ3) is 5.59. The van der Waals surface area contributed by atoms with Crippen molar-refractivity contribution in [3.8, 4) is 11.1 Å². The molecule has 3 atom stereocenters. The van der Waals surface area contributed by atoms with Gasteiger partial charge < -0.3 is 25.2 Å². The van der Waals surface area contributed by atoms with Crippen LogP contribution in [0.15, 0.2) is 48.5 Å². The summed E-state index contributed by atoms with van der Waals surface area (Å²) in [6.07, 6.45) is -5.24. The van der Waals surface area contributed by atoms with E-state index in [0.29, 0.717) is 6.42 Å². The molecule has 1 unspecified atom stereocenters. The lowest BCUT2D eigenvalue weighted by Gasteiger charge is -2.22. The molecule has 1 aliphatic carbocycles. The summed E-state index contributed by atoms with van der Waals surface area (Å²) in [5.41, 5.74) is 4.38. The number of benzene rings is 2. The van der Waals surface area contributed by atoms with Crippen molar-refractivity contribution in [3.63, 3.8) is 0 Å². The Morgan fingerprint density at radius 1 is 1.06 bits per heavy atom. The first kappa shape index (κ1) is 24.6. The molecular weight excluding hydrogens is 462 g/mol. The fourth-order valence-corrected chi connectivity index (χ4v) is 4.65. The third-order valence-electron chi connectivity index (χ3n) is 6.35. The van der Waals surface area contributed by atoms with E-state index < -0.39 is 48.9 Å². The number of amides is 2. The number of fused-ring (bicyclic) bond motifs is 3. The molecule has 0 spiro atoms. The number of hydrogen-bond donors (Lipinski definition) is 3. The highest BCUT2D eigenvalue weighted by atomic mass is 19.3. The summed E-state index contributed by atoms with van der Waals surface area (Å²) >= 11 is 0. The molecule has 0 bridgehead atoms. The molecule has 10 heteroatoms. The number of alkyl halides is 2. The molecule has 4 rings (SSSR count). The van der Waals surface area contributed by atoms with Gasteiger partial charge in [0.2, 0.25) is 5.91 Å². The van der Waals surface area contributed by atoms with E-state index in [4.69, 9.17) is 14.6 Å². The SMILES string of the molecule is O=C(O)CC(NC(=O)[C@H]1OCC[C@H]1CNC(=O)OCC1c2ccccc2-c2ccccc21)C(F)F. The molecule has 8 nitrogen and oxygen atoms in total. The fourth-order valence-electron chi connectivity index (χ4n) is 4.65. The van der Waals surface area contributed by atoms with Gasteiger partial charge in [0.15, 0.2) is 0 Å². The lowest BCUT2D eigenvalue weighted by atomic mass is 9.98. The van der Waals surface area contributed by atoms with Crippen LogP contribution in [0.25, 0.3) is 11.1 Å². The third-order valence-corrected chi connectivity index (χ3v) is 6.35. The first-order valence-electron chi connectivity index (χ1n) is 11.4. The van der Waals surface area contributed by atoms with Crippen molar-refractivity contribution < 1.29 is 37.7 Å². The standard InChI is InChI=1S/C25H26F2N2O6/c26-23(27)20(11-21(30)31)29-24(32)22-14(9-10-34-22)12-28-25(33)35-13-19-17-7-3-1-5-15(17)16-6-2-4-8-18(16)19/h1-8,14,19-20,22-23H,9-13H2,(H,28,33)(H,29,32)(H,30,31)/t14-,20?,22-/m0/s1. The Balaban J connectivity index is 1.30. The summed E-state index contributed by atoms with van der Waals surface area (Å²) < 4.78 is 37.0. The van der Waals surface area contributed by atoms with Crippen LogP contribution in [0.2, 0.25) is 0 Å². The minimum absolute atomic E-state index is 0.0486. The summed E-state index contributed by atoms with van der Waals surface area (Å²) in [5, 5.41) is 13.4. The second-order valence-corrected chi connectivity index (χ2v) is 8.59. The molecule has 0 aromatic heterocycles. The van der Waals surface area contributed by atoms with E-state index in [1.165, 1.54) is 0 Å². The molecule has 2 amide bonds. The van der Waals surface area contributed by atoms with Crippen LogP contribution in [0.4, 0.5) is 13.6 Å². The molecule has 3 N–H and O–H groups in total. The van der Waals surface area contributed by atoms with Crippen molar-refractivity contribution in [2.24, 2.45) is 5.92 Å². The van der Waals surface area contributed by atoms with Crippen molar-refractivity contribution in [1.29, 1.82) is 0 Å². The van der Waals surface area contributed by atoms with Gasteiger partial charge in [0.05, 0.1) is 6.42 Å². The molecule has 1 aliphatic heterocycles. The second-order valence-electron chi connectivity index (χ2n) is 8.59. The Morgan fingerprint density at radius 3 is 2.29 bits per heavy atom. The number of halogens is 2. The number of hydrogen-bond acceptors (Lipinski definition) is 5. The molecule has 1 fully saturated rings. The van der Waals surface area contributed by atoms with E-state index in [9.17, 15) is 23.2 Å². The Labute approximate surface area is 200 Å². The molecule has 0 saturated carbocycles. The van der Waals surface area contributed by atoms with E-state index in [1.807, 2.05) is 53.8 Å². The predicted molar refractivity (Wildman–Crippen MR) is 121 cm³/mol. The van der Waals surface area contributed by atoms with E-state index in [1.54, 1.807) is 0 Å². The van der Waals surface area contributed by atoms with Gasteiger partial charge in [0, 0.05) is 25.0 Å². The van der Waals surface area contributed by atoms with Crippen LogP contribution in [0, 0.1) is 5.92 Å². The van der Waals surface area contributed by atoms with Crippen LogP contribution in [0.5, 0.6) is 0 Å². The summed E-state index contributed by atoms with van der Waals surface area (Å²) in [7, 11) is 0. The zero-order chi connectivity index (χ0) is 24.9. The van der Waals surface area contributed by atoms with Crippen LogP contribution < -0.4 is 10.6 Å². The monoisotopic (exact) mass is 488 g/mol. The Kier molecular flexibility index (Phi) is 7.60. The van der Waals surface area contributed by atoms with Crippen molar-refractivity contribution in [2.75, 3.05) is 19.8 Å². The van der Waals surface area contributed by atoms with E-state index >= 15 is 0 Å². The minimum atomic E-state index is -3.03. The number of carbonyl (C=O) groups is 3. The summed E-state index contributed by atoms with van der Waals surface area (Å²) in [6, 6.07) is 14.1. The first-order valence-corrected chi connectivity index (χ1v) is 11.4. The minimum Gasteiger partial charge on any atom is -0.481 e. The number of ether oxygens (including phenoxy) is 2. The van der Waals surface area contributed by atoms with Crippen LogP contribution in [-0.2, 0) is 19.1 Å². The van der Waals surface area contributed by atoms with E-state index in [2.05, 4.69) is 5.32 Å². The number of nitrogens with one attached hydrogen (secondary N) is 2. The van der Waals surface area contributed by atoms with Crippen molar-refractivity contribution in [3.05, 3.63) is 59.7 Å². The Bertz CT molecular complexity index is 1050. The number of aliphatic carboxylic acids is 1. The normalized spacial score (nSPS) is 19.6. The van der Waals surface area contributed by atoms with Gasteiger partial charge in [-0.25, -0.2) is 13.6 Å². The van der Waals surface area contributed by atoms with Gasteiger partial charge in [-0.05, 0) is 28.7 Å². The topological polar surface area (TPSA) is 114 Å². The number of carboxylic acids is 1. The van der Waals surface area contributed by atoms with Gasteiger partial charge in [-0.15, -0.1) is 0 Å². The largest absolute Gasteiger partial charge is 0.481 e. The van der Waals surface area contributed by atoms with Crippen LogP contribution in [0.1, 0.15) is 29.9 Å². The molecule has 1 saturated heterocycles. The molecule has 35 heavy (non-hydrogen) atoms. The maximum Gasteiger partial charge on any atom is 0.407 e. The highest BCUT2D eigenvalue weighted by Gasteiger charge is 2.37. The number of alkyl carbamates (subject to hydrolysis) is 1. The molecule has 2 aliphatic rings. The van der Waals surface area contributed by atoms with Crippen molar-refractivity contribution >= 4 is 18.0 Å². The summed E-state index contributed by atoms with van der Waals surface area (Å²) in [6.45, 7) is 0.399. The zero-order valence-corrected chi connectivity index (χ0v) is 18.8. The molecule has 186 valence electrons. The van der Waals surface area contributed by atoms with Gasteiger partial charge in [-0.3, -0.25) is 9.59 Å². The van der Waals surface area contributed by atoms with Gasteiger partial charge in [-0.1, -0.05) is 48.5 Å². The van der Waals surface area contributed by atoms with Crippen LogP contribution in [-0.4, -0.2) is 61.4 Å². The maximum absolute atomic E-state index is 13.1. The van der Waals surface area contributed by atoms with Crippen molar-refractivity contribution in [1.82, 2.24) is 10.6 Å². The lowest BCUT2D eigenvalue weighted by Crippen LogP contribution is -2.48. The summed E-state index contributed by atoms with van der Waals surface area (Å²) in [4.78, 5) is 35.6.